The van der Waals surface area contributed by atoms with Crippen LogP contribution in [0.1, 0.15) is 39.7 Å². The number of hydrogen-bond acceptors (Lipinski definition) is 6. The van der Waals surface area contributed by atoms with Crippen molar-refractivity contribution in [3.05, 3.63) is 28.7 Å². The Balaban J connectivity index is 1.82. The second-order valence-electron chi connectivity index (χ2n) is 7.36. The fourth-order valence-electron chi connectivity index (χ4n) is 3.09. The van der Waals surface area contributed by atoms with Crippen LogP contribution >= 0.6 is 0 Å². The van der Waals surface area contributed by atoms with Crippen LogP contribution in [-0.2, 0) is 4.74 Å². The van der Waals surface area contributed by atoms with Crippen molar-refractivity contribution in [3.63, 3.8) is 0 Å². The number of piperidine rings is 1. The van der Waals surface area contributed by atoms with Crippen LogP contribution in [0.25, 0.3) is 11.2 Å². The number of nitrogens with zero attached hydrogens (tertiary/aromatic N) is 4. The number of methoxy groups -OCH3 is 1. The lowest BCUT2D eigenvalue weighted by atomic mass is 10.0. The second-order valence-corrected chi connectivity index (χ2v) is 7.36. The van der Waals surface area contributed by atoms with Gasteiger partial charge in [-0.25, -0.2) is 9.78 Å². The highest BCUT2D eigenvalue weighted by Gasteiger charge is 2.28. The summed E-state index contributed by atoms with van der Waals surface area (Å²) < 4.78 is 12.3. The first kappa shape index (κ1) is 18.2. The normalized spacial score (nSPS) is 15.9. The van der Waals surface area contributed by atoms with Gasteiger partial charge in [-0.15, -0.1) is 0 Å². The summed E-state index contributed by atoms with van der Waals surface area (Å²) in [5, 5.41) is 0. The minimum absolute atomic E-state index is 0.0497. The minimum Gasteiger partial charge on any atom is -0.481 e. The number of fused-ring (bicyclic) bond motifs is 1. The summed E-state index contributed by atoms with van der Waals surface area (Å²) in [5.41, 5.74) is 0.425. The molecule has 0 N–H and O–H groups in total. The summed E-state index contributed by atoms with van der Waals surface area (Å²) in [7, 11) is 1.53. The summed E-state index contributed by atoms with van der Waals surface area (Å²) in [6.07, 6.45) is 2.30. The lowest BCUT2D eigenvalue weighted by molar-refractivity contribution is 0.0188. The molecule has 3 heterocycles. The highest BCUT2D eigenvalue weighted by atomic mass is 16.6. The number of rotatable bonds is 2. The maximum atomic E-state index is 12.4. The van der Waals surface area contributed by atoms with Crippen molar-refractivity contribution in [3.8, 4) is 5.88 Å². The third kappa shape index (κ3) is 3.79. The Kier molecular flexibility index (Phi) is 4.84. The average Bonchev–Trinajstić information content (AvgIpc) is 2.60. The predicted molar refractivity (Wildman–Crippen MR) is 96.4 cm³/mol. The van der Waals surface area contributed by atoms with Crippen LogP contribution in [0.2, 0.25) is 0 Å². The average molecular weight is 360 g/mol. The van der Waals surface area contributed by atoms with Gasteiger partial charge in [0.2, 0.25) is 5.88 Å². The van der Waals surface area contributed by atoms with E-state index in [1.54, 1.807) is 21.6 Å². The van der Waals surface area contributed by atoms with Gasteiger partial charge in [0, 0.05) is 25.2 Å². The zero-order chi connectivity index (χ0) is 18.9. The molecule has 0 atom stereocenters. The second kappa shape index (κ2) is 6.93. The molecule has 140 valence electrons. The molecule has 1 saturated heterocycles. The maximum Gasteiger partial charge on any atom is 0.410 e. The summed E-state index contributed by atoms with van der Waals surface area (Å²) in [6, 6.07) is 3.45. The third-order valence-electron chi connectivity index (χ3n) is 4.30. The molecule has 0 spiro atoms. The van der Waals surface area contributed by atoms with Gasteiger partial charge in [-0.2, -0.15) is 4.98 Å². The molecule has 1 fully saturated rings. The fourth-order valence-corrected chi connectivity index (χ4v) is 3.09. The highest BCUT2D eigenvalue weighted by Crippen LogP contribution is 2.25. The van der Waals surface area contributed by atoms with E-state index in [0.717, 1.165) is 0 Å². The first-order valence-corrected chi connectivity index (χ1v) is 8.69. The van der Waals surface area contributed by atoms with E-state index in [0.29, 0.717) is 43.0 Å². The molecule has 1 amide bonds. The Hall–Kier alpha value is -2.64. The first-order chi connectivity index (χ1) is 12.3. The monoisotopic (exact) mass is 360 g/mol. The Labute approximate surface area is 151 Å². The third-order valence-corrected chi connectivity index (χ3v) is 4.30. The quantitative estimate of drug-likeness (QED) is 0.817. The van der Waals surface area contributed by atoms with Crippen molar-refractivity contribution in [2.75, 3.05) is 20.2 Å². The van der Waals surface area contributed by atoms with Crippen LogP contribution in [0.5, 0.6) is 5.88 Å². The van der Waals surface area contributed by atoms with Crippen molar-refractivity contribution in [2.45, 2.75) is 45.3 Å². The molecule has 8 heteroatoms. The number of pyridine rings is 1. The van der Waals surface area contributed by atoms with Crippen molar-refractivity contribution >= 4 is 17.3 Å². The molecule has 3 rings (SSSR count). The Morgan fingerprint density at radius 1 is 1.23 bits per heavy atom. The van der Waals surface area contributed by atoms with E-state index < -0.39 is 5.60 Å². The fraction of sp³-hybridized carbons (Fsp3) is 0.556. The van der Waals surface area contributed by atoms with Crippen LogP contribution in [0.3, 0.4) is 0 Å². The molecule has 1 aliphatic rings. The first-order valence-electron chi connectivity index (χ1n) is 8.69. The molecule has 0 unspecified atom stereocenters. The van der Waals surface area contributed by atoms with Gasteiger partial charge in [-0.1, -0.05) is 0 Å². The van der Waals surface area contributed by atoms with Gasteiger partial charge < -0.3 is 14.4 Å². The molecule has 1 aliphatic heterocycles. The van der Waals surface area contributed by atoms with Crippen LogP contribution in [-0.4, -0.2) is 51.3 Å². The van der Waals surface area contributed by atoms with E-state index in [2.05, 4.69) is 9.97 Å². The largest absolute Gasteiger partial charge is 0.481 e. The van der Waals surface area contributed by atoms with Crippen molar-refractivity contribution in [1.82, 2.24) is 19.4 Å². The molecular formula is C18H24N4O4. The Bertz CT molecular complexity index is 864. The molecule has 0 saturated carbocycles. The molecule has 0 aliphatic carbocycles. The number of aromatic nitrogens is 3. The Morgan fingerprint density at radius 3 is 2.54 bits per heavy atom. The van der Waals surface area contributed by atoms with Crippen LogP contribution in [0, 0.1) is 0 Å². The van der Waals surface area contributed by atoms with E-state index in [4.69, 9.17) is 9.47 Å². The van der Waals surface area contributed by atoms with Gasteiger partial charge in [-0.05, 0) is 39.7 Å². The zero-order valence-electron chi connectivity index (χ0n) is 15.6. The van der Waals surface area contributed by atoms with Crippen molar-refractivity contribution in [2.24, 2.45) is 0 Å². The van der Waals surface area contributed by atoms with Gasteiger partial charge in [0.15, 0.2) is 5.65 Å². The standard InChI is InChI=1S/C18H24N4O4/c1-18(2,3)26-17(24)21-9-7-12(8-10-21)22-15(23)11-19-13-5-6-14(25-4)20-16(13)22/h5-6,11-12H,7-10H2,1-4H3. The van der Waals surface area contributed by atoms with Crippen LogP contribution in [0.15, 0.2) is 23.1 Å². The molecule has 0 bridgehead atoms. The van der Waals surface area contributed by atoms with Gasteiger partial charge in [0.1, 0.15) is 11.1 Å². The topological polar surface area (TPSA) is 86.6 Å². The number of likely N-dealkylation sites (tertiary alicyclic amines) is 1. The highest BCUT2D eigenvalue weighted by molar-refractivity contribution is 5.71. The van der Waals surface area contributed by atoms with Crippen molar-refractivity contribution < 1.29 is 14.3 Å². The van der Waals surface area contributed by atoms with Gasteiger partial charge >= 0.3 is 6.09 Å². The molecular weight excluding hydrogens is 336 g/mol. The lowest BCUT2D eigenvalue weighted by Crippen LogP contribution is -2.43. The number of ether oxygens (including phenoxy) is 2. The lowest BCUT2D eigenvalue weighted by Gasteiger charge is -2.34. The van der Waals surface area contributed by atoms with Gasteiger partial charge in [-0.3, -0.25) is 9.36 Å². The molecule has 0 radical (unpaired) electrons. The zero-order valence-corrected chi connectivity index (χ0v) is 15.6. The smallest absolute Gasteiger partial charge is 0.410 e. The summed E-state index contributed by atoms with van der Waals surface area (Å²) >= 11 is 0. The van der Waals surface area contributed by atoms with Gasteiger partial charge in [0.25, 0.3) is 5.56 Å². The molecule has 0 aromatic carbocycles. The van der Waals surface area contributed by atoms with E-state index in [9.17, 15) is 9.59 Å². The SMILES string of the molecule is COc1ccc2ncc(=O)n(C3CCN(C(=O)OC(C)(C)C)CC3)c2n1. The summed E-state index contributed by atoms with van der Waals surface area (Å²) in [5.74, 6) is 0.435. The maximum absolute atomic E-state index is 12.4. The molecule has 2 aromatic heterocycles. The molecule has 8 nitrogen and oxygen atoms in total. The number of carbonyl (C=O) groups is 1. The molecule has 2 aromatic rings. The van der Waals surface area contributed by atoms with E-state index in [-0.39, 0.29) is 17.7 Å². The summed E-state index contributed by atoms with van der Waals surface area (Å²) in [4.78, 5) is 34.9. The number of amides is 1. The minimum atomic E-state index is -0.521. The van der Waals surface area contributed by atoms with Crippen LogP contribution in [0.4, 0.5) is 4.79 Å². The molecule has 26 heavy (non-hydrogen) atoms. The van der Waals surface area contributed by atoms with Gasteiger partial charge in [0.05, 0.1) is 13.3 Å². The predicted octanol–water partition coefficient (Wildman–Crippen LogP) is 2.37. The van der Waals surface area contributed by atoms with Crippen LogP contribution < -0.4 is 10.3 Å². The summed E-state index contributed by atoms with van der Waals surface area (Å²) in [6.45, 7) is 6.59. The van der Waals surface area contributed by atoms with E-state index >= 15 is 0 Å². The number of carbonyl (C=O) groups excluding carboxylic acids is 1. The number of hydrogen-bond donors (Lipinski definition) is 0. The van der Waals surface area contributed by atoms with Crippen molar-refractivity contribution in [1.29, 1.82) is 0 Å². The van der Waals surface area contributed by atoms with E-state index in [1.807, 2.05) is 20.8 Å². The van der Waals surface area contributed by atoms with E-state index in [1.165, 1.54) is 13.3 Å². The Morgan fingerprint density at radius 2 is 1.92 bits per heavy atom.